The number of nitrogens with zero attached hydrogens (tertiary/aromatic N) is 2. The van der Waals surface area contributed by atoms with Gasteiger partial charge in [-0.2, -0.15) is 5.26 Å². The predicted molar refractivity (Wildman–Crippen MR) is 90.8 cm³/mol. The van der Waals surface area contributed by atoms with Crippen molar-refractivity contribution in [2.24, 2.45) is 11.8 Å². The first kappa shape index (κ1) is 15.6. The Kier molecular flexibility index (Phi) is 4.95. The van der Waals surface area contributed by atoms with Gasteiger partial charge >= 0.3 is 0 Å². The van der Waals surface area contributed by atoms with Crippen LogP contribution in [0.25, 0.3) is 0 Å². The van der Waals surface area contributed by atoms with Crippen LogP contribution in [0.4, 0.5) is 0 Å². The molecule has 1 saturated carbocycles. The highest BCUT2D eigenvalue weighted by Crippen LogP contribution is 2.38. The van der Waals surface area contributed by atoms with Crippen molar-refractivity contribution in [1.82, 2.24) is 4.90 Å². The first-order valence-corrected chi connectivity index (χ1v) is 8.07. The first-order valence-electron chi connectivity index (χ1n) is 8.07. The Hall–Kier alpha value is -2.31. The van der Waals surface area contributed by atoms with Gasteiger partial charge in [0.25, 0.3) is 0 Å². The van der Waals surface area contributed by atoms with Gasteiger partial charge in [0.2, 0.25) is 0 Å². The van der Waals surface area contributed by atoms with Gasteiger partial charge in [0, 0.05) is 19.6 Å². The van der Waals surface area contributed by atoms with E-state index >= 15 is 0 Å². The Morgan fingerprint density at radius 3 is 2.26 bits per heavy atom. The highest BCUT2D eigenvalue weighted by atomic mass is 16.5. The van der Waals surface area contributed by atoms with Crippen molar-refractivity contribution >= 4 is 0 Å². The zero-order valence-electron chi connectivity index (χ0n) is 13.5. The Morgan fingerprint density at radius 1 is 1.04 bits per heavy atom. The van der Waals surface area contributed by atoms with Crippen molar-refractivity contribution in [3.05, 3.63) is 65.7 Å². The van der Waals surface area contributed by atoms with Crippen LogP contribution in [-0.2, 0) is 13.1 Å². The van der Waals surface area contributed by atoms with Gasteiger partial charge in [-0.25, -0.2) is 0 Å². The van der Waals surface area contributed by atoms with E-state index in [9.17, 15) is 0 Å². The van der Waals surface area contributed by atoms with E-state index in [1.807, 2.05) is 18.2 Å². The second-order valence-electron chi connectivity index (χ2n) is 6.23. The molecule has 2 aromatic carbocycles. The summed E-state index contributed by atoms with van der Waals surface area (Å²) in [6, 6.07) is 21.2. The minimum atomic E-state index is 0.254. The molecule has 1 aliphatic rings. The molecule has 0 spiro atoms. The summed E-state index contributed by atoms with van der Waals surface area (Å²) in [5, 5.41) is 9.04. The number of hydrogen-bond donors (Lipinski definition) is 0. The fourth-order valence-corrected chi connectivity index (χ4v) is 2.95. The van der Waals surface area contributed by atoms with Gasteiger partial charge in [0.05, 0.1) is 19.1 Å². The lowest BCUT2D eigenvalue weighted by Gasteiger charge is -2.22. The lowest BCUT2D eigenvalue weighted by Crippen LogP contribution is -2.25. The minimum Gasteiger partial charge on any atom is -0.497 e. The Labute approximate surface area is 138 Å². The van der Waals surface area contributed by atoms with E-state index in [2.05, 4.69) is 47.4 Å². The van der Waals surface area contributed by atoms with Crippen LogP contribution in [0.15, 0.2) is 54.6 Å². The van der Waals surface area contributed by atoms with Crippen LogP contribution < -0.4 is 4.74 Å². The molecule has 0 amide bonds. The first-order chi connectivity index (χ1) is 11.3. The van der Waals surface area contributed by atoms with Crippen LogP contribution in [0.3, 0.4) is 0 Å². The molecule has 0 heterocycles. The molecule has 2 aromatic rings. The molecule has 0 aliphatic heterocycles. The molecule has 1 aliphatic carbocycles. The number of benzene rings is 2. The van der Waals surface area contributed by atoms with Crippen LogP contribution in [0, 0.1) is 23.2 Å². The second-order valence-corrected chi connectivity index (χ2v) is 6.23. The van der Waals surface area contributed by atoms with E-state index in [0.717, 1.165) is 31.8 Å². The summed E-state index contributed by atoms with van der Waals surface area (Å²) >= 11 is 0. The topological polar surface area (TPSA) is 36.3 Å². The summed E-state index contributed by atoms with van der Waals surface area (Å²) in [5.41, 5.74) is 2.59. The molecule has 3 heteroatoms. The molecule has 1 fully saturated rings. The van der Waals surface area contributed by atoms with Crippen LogP contribution >= 0.6 is 0 Å². The summed E-state index contributed by atoms with van der Waals surface area (Å²) in [6.07, 6.45) is 1.05. The van der Waals surface area contributed by atoms with Crippen molar-refractivity contribution in [2.75, 3.05) is 13.7 Å². The SMILES string of the molecule is COc1ccc(CN(Cc2ccccc2)C[C@H]2C[C@H]2C#N)cc1. The maximum Gasteiger partial charge on any atom is 0.118 e. The highest BCUT2D eigenvalue weighted by molar-refractivity contribution is 5.27. The number of rotatable bonds is 7. The maximum absolute atomic E-state index is 9.04. The van der Waals surface area contributed by atoms with E-state index < -0.39 is 0 Å². The Balaban J connectivity index is 1.67. The van der Waals surface area contributed by atoms with Gasteiger partial charge in [-0.05, 0) is 35.6 Å². The van der Waals surface area contributed by atoms with E-state index in [-0.39, 0.29) is 5.92 Å². The van der Waals surface area contributed by atoms with Crippen LogP contribution in [0.5, 0.6) is 5.75 Å². The third-order valence-electron chi connectivity index (χ3n) is 4.40. The lowest BCUT2D eigenvalue weighted by molar-refractivity contribution is 0.243. The third-order valence-corrected chi connectivity index (χ3v) is 4.40. The summed E-state index contributed by atoms with van der Waals surface area (Å²) in [7, 11) is 1.69. The van der Waals surface area contributed by atoms with E-state index in [1.54, 1.807) is 7.11 Å². The average Bonchev–Trinajstić information content (AvgIpc) is 3.34. The van der Waals surface area contributed by atoms with E-state index in [4.69, 9.17) is 10.00 Å². The Morgan fingerprint density at radius 2 is 1.70 bits per heavy atom. The molecule has 23 heavy (non-hydrogen) atoms. The van der Waals surface area contributed by atoms with Crippen molar-refractivity contribution in [3.63, 3.8) is 0 Å². The standard InChI is InChI=1S/C20H22N2O/c1-23-20-9-7-17(8-10-20)14-22(15-19-11-18(19)12-21)13-16-5-3-2-4-6-16/h2-10,18-19H,11,13-15H2,1H3/t18-,19+/m0/s1. The molecule has 2 atom stereocenters. The molecule has 118 valence electrons. The summed E-state index contributed by atoms with van der Waals surface area (Å²) in [5.74, 6) is 1.67. The largest absolute Gasteiger partial charge is 0.497 e. The second kappa shape index (κ2) is 7.30. The van der Waals surface area contributed by atoms with Gasteiger partial charge < -0.3 is 4.74 Å². The fourth-order valence-electron chi connectivity index (χ4n) is 2.95. The number of hydrogen-bond acceptors (Lipinski definition) is 3. The highest BCUT2D eigenvalue weighted by Gasteiger charge is 2.38. The maximum atomic E-state index is 9.04. The minimum absolute atomic E-state index is 0.254. The Bertz CT molecular complexity index is 660. The van der Waals surface area contributed by atoms with Gasteiger partial charge in [-0.1, -0.05) is 42.5 Å². The summed E-state index contributed by atoms with van der Waals surface area (Å²) < 4.78 is 5.22. The molecule has 3 nitrogen and oxygen atoms in total. The van der Waals surface area contributed by atoms with Crippen LogP contribution in [0.2, 0.25) is 0 Å². The van der Waals surface area contributed by atoms with Gasteiger partial charge in [0.1, 0.15) is 5.75 Å². The number of ether oxygens (including phenoxy) is 1. The number of methoxy groups -OCH3 is 1. The molecule has 0 aromatic heterocycles. The third kappa shape index (κ3) is 4.34. The zero-order chi connectivity index (χ0) is 16.1. The predicted octanol–water partition coefficient (Wildman–Crippen LogP) is 3.86. The van der Waals surface area contributed by atoms with Gasteiger partial charge in [-0.3, -0.25) is 4.90 Å². The van der Waals surface area contributed by atoms with E-state index in [1.165, 1.54) is 11.1 Å². The van der Waals surface area contributed by atoms with Crippen LogP contribution in [0.1, 0.15) is 17.5 Å². The van der Waals surface area contributed by atoms with Crippen molar-refractivity contribution in [3.8, 4) is 11.8 Å². The van der Waals surface area contributed by atoms with Crippen LogP contribution in [-0.4, -0.2) is 18.6 Å². The summed E-state index contributed by atoms with van der Waals surface area (Å²) in [6.45, 7) is 2.80. The normalized spacial score (nSPS) is 19.3. The lowest BCUT2D eigenvalue weighted by atomic mass is 10.1. The molecular formula is C20H22N2O. The van der Waals surface area contributed by atoms with Crippen molar-refractivity contribution in [2.45, 2.75) is 19.5 Å². The van der Waals surface area contributed by atoms with E-state index in [0.29, 0.717) is 5.92 Å². The van der Waals surface area contributed by atoms with Gasteiger partial charge in [-0.15, -0.1) is 0 Å². The smallest absolute Gasteiger partial charge is 0.118 e. The molecule has 0 unspecified atom stereocenters. The molecule has 0 radical (unpaired) electrons. The molecule has 3 rings (SSSR count). The molecule has 0 bridgehead atoms. The van der Waals surface area contributed by atoms with Crippen molar-refractivity contribution in [1.29, 1.82) is 5.26 Å². The average molecular weight is 306 g/mol. The fraction of sp³-hybridized carbons (Fsp3) is 0.350. The van der Waals surface area contributed by atoms with Crippen molar-refractivity contribution < 1.29 is 4.74 Å². The molecular weight excluding hydrogens is 284 g/mol. The van der Waals surface area contributed by atoms with Gasteiger partial charge in [0.15, 0.2) is 0 Å². The molecule has 0 N–H and O–H groups in total. The number of nitriles is 1. The monoisotopic (exact) mass is 306 g/mol. The summed E-state index contributed by atoms with van der Waals surface area (Å²) in [4.78, 5) is 2.44. The zero-order valence-corrected chi connectivity index (χ0v) is 13.5. The molecule has 0 saturated heterocycles. The quantitative estimate of drug-likeness (QED) is 0.779.